The molecular weight excluding hydrogens is 344 g/mol. The van der Waals surface area contributed by atoms with Crippen LogP contribution < -0.4 is 10.9 Å². The molecule has 2 aromatic heterocycles. The average molecular weight is 362 g/mol. The molecule has 6 nitrogen and oxygen atoms in total. The van der Waals surface area contributed by atoms with Crippen LogP contribution in [0.25, 0.3) is 0 Å². The largest absolute Gasteiger partial charge is 0.300 e. The summed E-state index contributed by atoms with van der Waals surface area (Å²) in [5, 5.41) is 7.83. The van der Waals surface area contributed by atoms with Crippen molar-refractivity contribution < 1.29 is 4.79 Å². The first kappa shape index (κ1) is 15.8. The van der Waals surface area contributed by atoms with Gasteiger partial charge in [0, 0.05) is 23.1 Å². The zero-order valence-corrected chi connectivity index (χ0v) is 14.8. The minimum Gasteiger partial charge on any atom is -0.300 e. The Morgan fingerprint density at radius 2 is 2.12 bits per heavy atom. The highest BCUT2D eigenvalue weighted by Gasteiger charge is 2.18. The number of nitrogens with one attached hydrogen (secondary N) is 1. The van der Waals surface area contributed by atoms with E-state index in [1.54, 1.807) is 29.2 Å². The monoisotopic (exact) mass is 362 g/mol. The Morgan fingerprint density at radius 1 is 1.25 bits per heavy atom. The Bertz CT molecular complexity index is 820. The van der Waals surface area contributed by atoms with Crippen LogP contribution in [0.1, 0.15) is 34.7 Å². The molecule has 1 aliphatic carbocycles. The first-order valence-corrected chi connectivity index (χ1v) is 10.1. The first-order chi connectivity index (χ1) is 11.7. The van der Waals surface area contributed by atoms with Crippen LogP contribution in [0.4, 0.5) is 5.13 Å². The van der Waals surface area contributed by atoms with Gasteiger partial charge >= 0.3 is 0 Å². The van der Waals surface area contributed by atoms with Crippen molar-refractivity contribution >= 4 is 34.1 Å². The van der Waals surface area contributed by atoms with Crippen molar-refractivity contribution in [2.24, 2.45) is 0 Å². The van der Waals surface area contributed by atoms with Crippen molar-refractivity contribution in [1.29, 1.82) is 0 Å². The molecule has 0 aromatic carbocycles. The number of fused-ring (bicyclic) bond motifs is 2. The second kappa shape index (κ2) is 6.68. The third-order valence-electron chi connectivity index (χ3n) is 4.29. The minimum absolute atomic E-state index is 0.0660. The van der Waals surface area contributed by atoms with E-state index in [-0.39, 0.29) is 18.0 Å². The van der Waals surface area contributed by atoms with E-state index in [1.165, 1.54) is 16.0 Å². The van der Waals surface area contributed by atoms with Gasteiger partial charge in [0.05, 0.1) is 11.4 Å². The number of amides is 1. The van der Waals surface area contributed by atoms with Crippen LogP contribution in [-0.4, -0.2) is 26.4 Å². The molecule has 1 amide bonds. The molecule has 1 N–H and O–H groups in total. The van der Waals surface area contributed by atoms with Crippen LogP contribution in [0.5, 0.6) is 0 Å². The predicted octanol–water partition coefficient (Wildman–Crippen LogP) is 2.01. The van der Waals surface area contributed by atoms with Crippen LogP contribution in [0, 0.1) is 0 Å². The number of anilines is 1. The van der Waals surface area contributed by atoms with E-state index in [1.807, 2.05) is 0 Å². The van der Waals surface area contributed by atoms with Crippen molar-refractivity contribution in [2.75, 3.05) is 11.1 Å². The lowest BCUT2D eigenvalue weighted by Crippen LogP contribution is -2.31. The maximum absolute atomic E-state index is 12.3. The van der Waals surface area contributed by atoms with Crippen molar-refractivity contribution in [2.45, 2.75) is 44.4 Å². The molecule has 4 rings (SSSR count). The number of carbonyl (C=O) groups excluding carboxylic acids is 1. The molecule has 0 fully saturated rings. The lowest BCUT2D eigenvalue weighted by molar-refractivity contribution is -0.117. The standard InChI is InChI=1S/C16H18N4O2S2/c21-14(18-16-17-12-3-1-2-4-13(12)24-16)8-20-15(22)7-10-9-23-6-5-11(10)19-20/h7H,1-6,8-9H2,(H,17,18,21). The van der Waals surface area contributed by atoms with Crippen LogP contribution >= 0.6 is 23.1 Å². The Morgan fingerprint density at radius 3 is 3.00 bits per heavy atom. The summed E-state index contributed by atoms with van der Waals surface area (Å²) in [5.74, 6) is 1.59. The lowest BCUT2D eigenvalue weighted by atomic mass is 10.0. The smallest absolute Gasteiger partial charge is 0.267 e. The van der Waals surface area contributed by atoms with Gasteiger partial charge in [-0.3, -0.25) is 9.59 Å². The minimum atomic E-state index is -0.249. The summed E-state index contributed by atoms with van der Waals surface area (Å²) >= 11 is 3.35. The van der Waals surface area contributed by atoms with E-state index in [0.29, 0.717) is 5.13 Å². The molecule has 0 saturated heterocycles. The highest BCUT2D eigenvalue weighted by molar-refractivity contribution is 7.98. The lowest BCUT2D eigenvalue weighted by Gasteiger charge is -2.15. The van der Waals surface area contributed by atoms with Crippen molar-refractivity contribution in [3.8, 4) is 0 Å². The molecule has 0 radical (unpaired) electrons. The maximum atomic E-state index is 12.3. The Kier molecular flexibility index (Phi) is 4.41. The SMILES string of the molecule is O=C(Cn1nc2c(cc1=O)CSCC2)Nc1nc2c(s1)CCCC2. The first-order valence-electron chi connectivity index (χ1n) is 8.15. The summed E-state index contributed by atoms with van der Waals surface area (Å²) in [4.78, 5) is 30.2. The number of thiazole rings is 1. The third-order valence-corrected chi connectivity index (χ3v) is 6.37. The zero-order chi connectivity index (χ0) is 16.5. The fourth-order valence-corrected chi connectivity index (χ4v) is 5.08. The fourth-order valence-electron chi connectivity index (χ4n) is 3.07. The topological polar surface area (TPSA) is 76.9 Å². The Balaban J connectivity index is 1.48. The molecular formula is C16H18N4O2S2. The molecule has 0 spiro atoms. The number of carbonyl (C=O) groups is 1. The summed E-state index contributed by atoms with van der Waals surface area (Å²) in [6.07, 6.45) is 5.24. The highest BCUT2D eigenvalue weighted by Crippen LogP contribution is 2.29. The number of rotatable bonds is 3. The van der Waals surface area contributed by atoms with Gasteiger partial charge in [0.2, 0.25) is 5.91 Å². The fraction of sp³-hybridized carbons (Fsp3) is 0.500. The molecule has 8 heteroatoms. The molecule has 24 heavy (non-hydrogen) atoms. The summed E-state index contributed by atoms with van der Waals surface area (Å²) < 4.78 is 1.26. The number of thioether (sulfide) groups is 1. The number of aromatic nitrogens is 3. The van der Waals surface area contributed by atoms with Crippen LogP contribution in [0.3, 0.4) is 0 Å². The van der Waals surface area contributed by atoms with E-state index in [0.717, 1.165) is 54.1 Å². The Labute approximate surface area is 147 Å². The Hall–Kier alpha value is -1.67. The van der Waals surface area contributed by atoms with Gasteiger partial charge < -0.3 is 5.32 Å². The highest BCUT2D eigenvalue weighted by atomic mass is 32.2. The van der Waals surface area contributed by atoms with Crippen molar-refractivity contribution in [1.82, 2.24) is 14.8 Å². The van der Waals surface area contributed by atoms with E-state index < -0.39 is 0 Å². The van der Waals surface area contributed by atoms with Crippen LogP contribution in [-0.2, 0) is 36.4 Å². The van der Waals surface area contributed by atoms with Crippen LogP contribution in [0.2, 0.25) is 0 Å². The maximum Gasteiger partial charge on any atom is 0.267 e. The number of nitrogens with zero attached hydrogens (tertiary/aromatic N) is 3. The summed E-state index contributed by atoms with van der Waals surface area (Å²) in [6, 6.07) is 1.61. The van der Waals surface area contributed by atoms with Gasteiger partial charge in [-0.05, 0) is 37.0 Å². The molecule has 3 heterocycles. The second-order valence-corrected chi connectivity index (χ2v) is 8.25. The van der Waals surface area contributed by atoms with Gasteiger partial charge in [-0.15, -0.1) is 11.3 Å². The normalized spacial score (nSPS) is 16.3. The zero-order valence-electron chi connectivity index (χ0n) is 13.2. The van der Waals surface area contributed by atoms with E-state index in [9.17, 15) is 9.59 Å². The molecule has 0 bridgehead atoms. The van der Waals surface area contributed by atoms with Gasteiger partial charge in [-0.2, -0.15) is 16.9 Å². The molecule has 0 atom stereocenters. The summed E-state index contributed by atoms with van der Waals surface area (Å²) in [5.41, 5.74) is 2.83. The molecule has 126 valence electrons. The average Bonchev–Trinajstić information content (AvgIpc) is 2.97. The molecule has 0 saturated carbocycles. The second-order valence-electron chi connectivity index (χ2n) is 6.06. The molecule has 0 unspecified atom stereocenters. The number of hydrogen-bond acceptors (Lipinski definition) is 6. The van der Waals surface area contributed by atoms with Gasteiger partial charge in [0.15, 0.2) is 5.13 Å². The van der Waals surface area contributed by atoms with Gasteiger partial charge in [0.1, 0.15) is 6.54 Å². The number of aryl methyl sites for hydroxylation is 3. The van der Waals surface area contributed by atoms with Crippen LogP contribution in [0.15, 0.2) is 10.9 Å². The van der Waals surface area contributed by atoms with Crippen molar-refractivity contribution in [3.63, 3.8) is 0 Å². The quantitative estimate of drug-likeness (QED) is 0.904. The molecule has 1 aliphatic heterocycles. The van der Waals surface area contributed by atoms with Crippen molar-refractivity contribution in [3.05, 3.63) is 38.2 Å². The van der Waals surface area contributed by atoms with Gasteiger partial charge in [-0.25, -0.2) is 9.67 Å². The van der Waals surface area contributed by atoms with E-state index >= 15 is 0 Å². The van der Waals surface area contributed by atoms with E-state index in [2.05, 4.69) is 15.4 Å². The summed E-state index contributed by atoms with van der Waals surface area (Å²) in [7, 11) is 0. The molecule has 2 aromatic rings. The summed E-state index contributed by atoms with van der Waals surface area (Å²) in [6.45, 7) is -0.0660. The third kappa shape index (κ3) is 3.25. The van der Waals surface area contributed by atoms with Gasteiger partial charge in [-0.1, -0.05) is 0 Å². The predicted molar refractivity (Wildman–Crippen MR) is 95.7 cm³/mol. The molecule has 2 aliphatic rings. The number of hydrogen-bond donors (Lipinski definition) is 1. The van der Waals surface area contributed by atoms with E-state index in [4.69, 9.17) is 0 Å². The van der Waals surface area contributed by atoms with Gasteiger partial charge in [0.25, 0.3) is 5.56 Å².